The maximum Gasteiger partial charge on any atom is 0.232 e. The Labute approximate surface area is 99.0 Å². The van der Waals surface area contributed by atoms with Crippen LogP contribution in [0.2, 0.25) is 0 Å². The molecule has 0 saturated carbocycles. The smallest absolute Gasteiger partial charge is 0.232 e. The van der Waals surface area contributed by atoms with Crippen molar-refractivity contribution in [2.45, 2.75) is 54.1 Å². The van der Waals surface area contributed by atoms with Gasteiger partial charge in [-0.05, 0) is 6.92 Å². The number of rotatable bonds is 0. The summed E-state index contributed by atoms with van der Waals surface area (Å²) in [6.07, 6.45) is 0. The fraction of sp³-hybridized carbons (Fsp3) is 0.846. The number of ether oxygens (including phenoxy) is 1. The van der Waals surface area contributed by atoms with Gasteiger partial charge in [0.15, 0.2) is 5.66 Å². The van der Waals surface area contributed by atoms with E-state index in [1.54, 1.807) is 7.11 Å². The molecule has 1 aliphatic rings. The van der Waals surface area contributed by atoms with Gasteiger partial charge in [0.25, 0.3) is 0 Å². The molecule has 0 aliphatic carbocycles. The van der Waals surface area contributed by atoms with Gasteiger partial charge in [-0.25, -0.2) is 4.99 Å². The summed E-state index contributed by atoms with van der Waals surface area (Å²) < 4.78 is 5.29. The van der Waals surface area contributed by atoms with Gasteiger partial charge in [-0.1, -0.05) is 41.5 Å². The van der Waals surface area contributed by atoms with E-state index in [0.29, 0.717) is 5.90 Å². The molecular formula is C13H24N2O. The van der Waals surface area contributed by atoms with Crippen LogP contribution in [0.15, 0.2) is 9.98 Å². The maximum atomic E-state index is 5.29. The molecule has 0 aromatic heterocycles. The molecule has 0 aromatic carbocycles. The van der Waals surface area contributed by atoms with Crippen molar-refractivity contribution < 1.29 is 4.74 Å². The molecule has 0 N–H and O–H groups in total. The fourth-order valence-electron chi connectivity index (χ4n) is 2.53. The zero-order valence-electron chi connectivity index (χ0n) is 11.8. The van der Waals surface area contributed by atoms with Crippen LogP contribution >= 0.6 is 0 Å². The van der Waals surface area contributed by atoms with E-state index in [0.717, 1.165) is 5.71 Å². The molecule has 1 rings (SSSR count). The molecule has 1 aliphatic heterocycles. The van der Waals surface area contributed by atoms with E-state index in [2.05, 4.69) is 41.5 Å². The summed E-state index contributed by atoms with van der Waals surface area (Å²) in [6, 6.07) is 0. The fourth-order valence-corrected chi connectivity index (χ4v) is 2.53. The molecule has 0 radical (unpaired) electrons. The van der Waals surface area contributed by atoms with Crippen molar-refractivity contribution in [2.24, 2.45) is 20.8 Å². The highest BCUT2D eigenvalue weighted by Crippen LogP contribution is 2.50. The highest BCUT2D eigenvalue weighted by Gasteiger charge is 2.53. The monoisotopic (exact) mass is 224 g/mol. The Morgan fingerprint density at radius 2 is 1.38 bits per heavy atom. The van der Waals surface area contributed by atoms with Gasteiger partial charge < -0.3 is 4.74 Å². The number of hydrogen-bond acceptors (Lipinski definition) is 3. The molecular weight excluding hydrogens is 200 g/mol. The van der Waals surface area contributed by atoms with Crippen molar-refractivity contribution >= 4 is 11.6 Å². The van der Waals surface area contributed by atoms with Crippen LogP contribution in [0.1, 0.15) is 48.5 Å². The molecule has 1 heterocycles. The van der Waals surface area contributed by atoms with E-state index in [1.165, 1.54) is 0 Å². The second-order valence-corrected chi connectivity index (χ2v) is 6.49. The van der Waals surface area contributed by atoms with Gasteiger partial charge in [-0.15, -0.1) is 0 Å². The second kappa shape index (κ2) is 3.57. The summed E-state index contributed by atoms with van der Waals surface area (Å²) in [5.41, 5.74) is 0.391. The molecule has 0 bridgehead atoms. The van der Waals surface area contributed by atoms with Crippen LogP contribution < -0.4 is 0 Å². The Hall–Kier alpha value is -0.860. The molecule has 16 heavy (non-hydrogen) atoms. The molecule has 92 valence electrons. The van der Waals surface area contributed by atoms with Gasteiger partial charge in [-0.3, -0.25) is 4.99 Å². The molecule has 0 spiro atoms. The van der Waals surface area contributed by atoms with Crippen LogP contribution in [0.5, 0.6) is 0 Å². The lowest BCUT2D eigenvalue weighted by Crippen LogP contribution is -2.49. The average molecular weight is 224 g/mol. The number of aliphatic imine (C=N–C) groups is 2. The molecule has 0 atom stereocenters. The van der Waals surface area contributed by atoms with Crippen LogP contribution in [0, 0.1) is 10.8 Å². The van der Waals surface area contributed by atoms with E-state index in [-0.39, 0.29) is 10.8 Å². The minimum Gasteiger partial charge on any atom is -0.480 e. The third-order valence-corrected chi connectivity index (χ3v) is 3.19. The maximum absolute atomic E-state index is 5.29. The van der Waals surface area contributed by atoms with Gasteiger partial charge in [0.05, 0.1) is 12.8 Å². The molecule has 0 saturated heterocycles. The van der Waals surface area contributed by atoms with Crippen molar-refractivity contribution in [3.8, 4) is 0 Å². The summed E-state index contributed by atoms with van der Waals surface area (Å²) >= 11 is 0. The Kier molecular flexibility index (Phi) is 2.95. The first-order valence-electron chi connectivity index (χ1n) is 5.76. The van der Waals surface area contributed by atoms with Crippen molar-refractivity contribution in [3.05, 3.63) is 0 Å². The predicted octanol–water partition coefficient (Wildman–Crippen LogP) is 3.29. The first kappa shape index (κ1) is 13.2. The Balaban J connectivity index is 3.39. The van der Waals surface area contributed by atoms with Crippen LogP contribution in [0.3, 0.4) is 0 Å². The molecule has 0 amide bonds. The highest BCUT2D eigenvalue weighted by atomic mass is 16.5. The van der Waals surface area contributed by atoms with E-state index >= 15 is 0 Å². The third kappa shape index (κ3) is 1.76. The Morgan fingerprint density at radius 1 is 0.938 bits per heavy atom. The quantitative estimate of drug-likeness (QED) is 0.621. The molecule has 0 fully saturated rings. The van der Waals surface area contributed by atoms with E-state index < -0.39 is 5.66 Å². The molecule has 3 heteroatoms. The van der Waals surface area contributed by atoms with Crippen molar-refractivity contribution in [1.82, 2.24) is 0 Å². The largest absolute Gasteiger partial charge is 0.480 e. The van der Waals surface area contributed by atoms with Crippen LogP contribution in [0.4, 0.5) is 0 Å². The van der Waals surface area contributed by atoms with Crippen LogP contribution in [-0.2, 0) is 4.74 Å². The van der Waals surface area contributed by atoms with Gasteiger partial charge in [-0.2, -0.15) is 0 Å². The standard InChI is InChI=1S/C13H24N2O/c1-9-10(16-8)15-13(14-9,11(2,3)4)12(5,6)7/h1-8H3. The lowest BCUT2D eigenvalue weighted by Gasteiger charge is -2.45. The van der Waals surface area contributed by atoms with Gasteiger partial charge >= 0.3 is 0 Å². The SMILES string of the molecule is COC1=NC(C(C)(C)C)(C(C)(C)C)N=C1C. The van der Waals surface area contributed by atoms with Gasteiger partial charge in [0.2, 0.25) is 5.90 Å². The first-order valence-corrected chi connectivity index (χ1v) is 5.76. The zero-order valence-corrected chi connectivity index (χ0v) is 11.8. The Morgan fingerprint density at radius 3 is 1.56 bits per heavy atom. The van der Waals surface area contributed by atoms with E-state index in [4.69, 9.17) is 14.7 Å². The minimum atomic E-state index is -0.435. The summed E-state index contributed by atoms with van der Waals surface area (Å²) in [5.74, 6) is 0.671. The normalized spacial score (nSPS) is 20.5. The van der Waals surface area contributed by atoms with E-state index in [1.807, 2.05) is 6.92 Å². The average Bonchev–Trinajstić information content (AvgIpc) is 2.41. The Bertz CT molecular complexity index is 326. The number of hydrogen-bond donors (Lipinski definition) is 0. The first-order chi connectivity index (χ1) is 7.05. The summed E-state index contributed by atoms with van der Waals surface area (Å²) in [4.78, 5) is 9.56. The minimum absolute atomic E-state index is 0.0349. The summed E-state index contributed by atoms with van der Waals surface area (Å²) in [6.45, 7) is 15.0. The van der Waals surface area contributed by atoms with Crippen LogP contribution in [-0.4, -0.2) is 24.4 Å². The summed E-state index contributed by atoms with van der Waals surface area (Å²) in [7, 11) is 1.65. The van der Waals surface area contributed by atoms with E-state index in [9.17, 15) is 0 Å². The molecule has 0 unspecified atom stereocenters. The zero-order chi connectivity index (χ0) is 12.8. The lowest BCUT2D eigenvalue weighted by atomic mass is 9.66. The van der Waals surface area contributed by atoms with Crippen molar-refractivity contribution in [3.63, 3.8) is 0 Å². The molecule has 0 aromatic rings. The second-order valence-electron chi connectivity index (χ2n) is 6.49. The summed E-state index contributed by atoms with van der Waals surface area (Å²) in [5, 5.41) is 0. The predicted molar refractivity (Wildman–Crippen MR) is 69.2 cm³/mol. The number of nitrogens with zero attached hydrogens (tertiary/aromatic N) is 2. The van der Waals surface area contributed by atoms with Crippen LogP contribution in [0.25, 0.3) is 0 Å². The van der Waals surface area contributed by atoms with Crippen molar-refractivity contribution in [1.29, 1.82) is 0 Å². The topological polar surface area (TPSA) is 34.0 Å². The van der Waals surface area contributed by atoms with Crippen molar-refractivity contribution in [2.75, 3.05) is 7.11 Å². The molecule has 3 nitrogen and oxygen atoms in total. The highest BCUT2D eigenvalue weighted by molar-refractivity contribution is 6.39. The number of methoxy groups -OCH3 is 1. The van der Waals surface area contributed by atoms with Gasteiger partial charge in [0, 0.05) is 10.8 Å². The third-order valence-electron chi connectivity index (χ3n) is 3.19. The van der Waals surface area contributed by atoms with Gasteiger partial charge in [0.1, 0.15) is 0 Å². The lowest BCUT2D eigenvalue weighted by molar-refractivity contribution is 0.0726.